The number of hydrogen-bond donors (Lipinski definition) is 1. The smallest absolute Gasteiger partial charge is 0.335 e. The zero-order valence-electron chi connectivity index (χ0n) is 19.8. The molecule has 0 amide bonds. The van der Waals surface area contributed by atoms with Crippen LogP contribution in [0.5, 0.6) is 5.75 Å². The minimum absolute atomic E-state index is 0.206. The lowest BCUT2D eigenvalue weighted by molar-refractivity contribution is -0.144. The lowest BCUT2D eigenvalue weighted by atomic mass is 9.97. The molecular formula is C29H31NO5. The van der Waals surface area contributed by atoms with Gasteiger partial charge in [-0.2, -0.15) is 0 Å². The molecule has 3 aromatic rings. The predicted octanol–water partition coefficient (Wildman–Crippen LogP) is 4.96. The van der Waals surface area contributed by atoms with Gasteiger partial charge in [0.05, 0.1) is 18.6 Å². The normalized spacial score (nSPS) is 14.4. The van der Waals surface area contributed by atoms with Crippen molar-refractivity contribution in [3.05, 3.63) is 101 Å². The van der Waals surface area contributed by atoms with E-state index in [1.165, 1.54) is 5.56 Å². The molecule has 35 heavy (non-hydrogen) atoms. The van der Waals surface area contributed by atoms with Gasteiger partial charge in [-0.1, -0.05) is 54.6 Å². The van der Waals surface area contributed by atoms with Crippen LogP contribution < -0.4 is 4.74 Å². The zero-order valence-corrected chi connectivity index (χ0v) is 19.8. The van der Waals surface area contributed by atoms with Crippen molar-refractivity contribution in [2.45, 2.75) is 32.4 Å². The van der Waals surface area contributed by atoms with Crippen LogP contribution in [-0.4, -0.2) is 41.6 Å². The van der Waals surface area contributed by atoms with E-state index < -0.39 is 5.97 Å². The van der Waals surface area contributed by atoms with Gasteiger partial charge < -0.3 is 14.6 Å². The number of benzene rings is 3. The Kier molecular flexibility index (Phi) is 8.52. The van der Waals surface area contributed by atoms with E-state index in [-0.39, 0.29) is 18.0 Å². The van der Waals surface area contributed by atoms with Gasteiger partial charge in [-0.3, -0.25) is 9.69 Å². The summed E-state index contributed by atoms with van der Waals surface area (Å²) in [6.07, 6.45) is 2.28. The number of rotatable bonds is 10. The summed E-state index contributed by atoms with van der Waals surface area (Å²) in [5, 5.41) is 8.99. The lowest BCUT2D eigenvalue weighted by Crippen LogP contribution is -2.35. The molecule has 1 aliphatic rings. The molecular weight excluding hydrogens is 442 g/mol. The maximum Gasteiger partial charge on any atom is 0.335 e. The van der Waals surface area contributed by atoms with Gasteiger partial charge in [0.1, 0.15) is 12.4 Å². The van der Waals surface area contributed by atoms with Crippen molar-refractivity contribution >= 4 is 11.9 Å². The van der Waals surface area contributed by atoms with Crippen LogP contribution in [0.3, 0.4) is 0 Å². The molecule has 0 bridgehead atoms. The molecule has 1 fully saturated rings. The third-order valence-electron chi connectivity index (χ3n) is 6.29. The summed E-state index contributed by atoms with van der Waals surface area (Å²) in [4.78, 5) is 25.8. The van der Waals surface area contributed by atoms with Gasteiger partial charge in [-0.25, -0.2) is 4.79 Å². The summed E-state index contributed by atoms with van der Waals surface area (Å²) < 4.78 is 11.4. The number of nitrogens with zero attached hydrogens (tertiary/aromatic N) is 1. The Balaban J connectivity index is 1.17. The number of aromatic carboxylic acids is 1. The predicted molar refractivity (Wildman–Crippen MR) is 133 cm³/mol. The maximum absolute atomic E-state index is 12.4. The molecule has 0 radical (unpaired) electrons. The molecule has 0 atom stereocenters. The number of likely N-dealkylation sites (tertiary alicyclic amines) is 1. The van der Waals surface area contributed by atoms with Crippen molar-refractivity contribution in [2.24, 2.45) is 5.92 Å². The van der Waals surface area contributed by atoms with E-state index >= 15 is 0 Å². The Hall–Kier alpha value is -3.64. The topological polar surface area (TPSA) is 76.1 Å². The average Bonchev–Trinajstić information content (AvgIpc) is 2.88. The molecule has 0 saturated carbocycles. The fourth-order valence-electron chi connectivity index (χ4n) is 4.24. The molecule has 1 heterocycles. The number of esters is 1. The summed E-state index contributed by atoms with van der Waals surface area (Å²) in [6, 6.07) is 24.5. The Morgan fingerprint density at radius 3 is 2.29 bits per heavy atom. The standard InChI is InChI=1S/C29H31NO5/c31-28(35-21-24-13-15-30(16-14-24)19-22-5-2-1-3-6-22)18-25-7-4-8-27(17-25)34-20-23-9-11-26(12-10-23)29(32)33/h1-12,17,24H,13-16,18-21H2,(H,32,33). The second-order valence-corrected chi connectivity index (χ2v) is 9.00. The quantitative estimate of drug-likeness (QED) is 0.420. The molecule has 0 aromatic heterocycles. The Morgan fingerprint density at radius 1 is 0.857 bits per heavy atom. The second-order valence-electron chi connectivity index (χ2n) is 9.00. The van der Waals surface area contributed by atoms with Crippen molar-refractivity contribution in [1.82, 2.24) is 4.90 Å². The average molecular weight is 474 g/mol. The van der Waals surface area contributed by atoms with Crippen LogP contribution in [0.2, 0.25) is 0 Å². The first-order valence-electron chi connectivity index (χ1n) is 12.0. The van der Waals surface area contributed by atoms with Crippen molar-refractivity contribution in [2.75, 3.05) is 19.7 Å². The molecule has 4 rings (SSSR count). The molecule has 0 aliphatic carbocycles. The second kappa shape index (κ2) is 12.2. The van der Waals surface area contributed by atoms with E-state index in [0.717, 1.165) is 43.6 Å². The number of piperidine rings is 1. The van der Waals surface area contributed by atoms with Gasteiger partial charge in [0, 0.05) is 6.54 Å². The highest BCUT2D eigenvalue weighted by Gasteiger charge is 2.20. The number of hydrogen-bond acceptors (Lipinski definition) is 5. The molecule has 1 aliphatic heterocycles. The van der Waals surface area contributed by atoms with Crippen molar-refractivity contribution in [3.8, 4) is 5.75 Å². The zero-order chi connectivity index (χ0) is 24.5. The van der Waals surface area contributed by atoms with Crippen LogP contribution in [0.4, 0.5) is 0 Å². The van der Waals surface area contributed by atoms with Gasteiger partial charge in [0.2, 0.25) is 0 Å². The van der Waals surface area contributed by atoms with E-state index in [1.807, 2.05) is 30.3 Å². The van der Waals surface area contributed by atoms with E-state index in [1.54, 1.807) is 24.3 Å². The van der Waals surface area contributed by atoms with Crippen LogP contribution in [0.1, 0.15) is 39.9 Å². The van der Waals surface area contributed by atoms with E-state index in [0.29, 0.717) is 24.9 Å². The van der Waals surface area contributed by atoms with Crippen molar-refractivity contribution < 1.29 is 24.2 Å². The number of carbonyl (C=O) groups excluding carboxylic acids is 1. The largest absolute Gasteiger partial charge is 0.489 e. The van der Waals surface area contributed by atoms with E-state index in [4.69, 9.17) is 14.6 Å². The fraction of sp³-hybridized carbons (Fsp3) is 0.310. The number of ether oxygens (including phenoxy) is 2. The molecule has 3 aromatic carbocycles. The van der Waals surface area contributed by atoms with Crippen LogP contribution in [0.25, 0.3) is 0 Å². The highest BCUT2D eigenvalue weighted by Crippen LogP contribution is 2.20. The van der Waals surface area contributed by atoms with E-state index in [9.17, 15) is 9.59 Å². The number of carboxylic acids is 1. The summed E-state index contributed by atoms with van der Waals surface area (Å²) >= 11 is 0. The molecule has 1 N–H and O–H groups in total. The first kappa shape index (κ1) is 24.5. The molecule has 6 heteroatoms. The Morgan fingerprint density at radius 2 is 1.57 bits per heavy atom. The molecule has 0 spiro atoms. The third kappa shape index (κ3) is 7.69. The maximum atomic E-state index is 12.4. The van der Waals surface area contributed by atoms with Gasteiger partial charge in [0.15, 0.2) is 0 Å². The first-order chi connectivity index (χ1) is 17.0. The Labute approximate surface area is 206 Å². The van der Waals surface area contributed by atoms with E-state index in [2.05, 4.69) is 29.2 Å². The minimum atomic E-state index is -0.953. The van der Waals surface area contributed by atoms with Crippen molar-refractivity contribution in [1.29, 1.82) is 0 Å². The lowest BCUT2D eigenvalue weighted by Gasteiger charge is -2.31. The fourth-order valence-corrected chi connectivity index (χ4v) is 4.24. The van der Waals surface area contributed by atoms with Crippen molar-refractivity contribution in [3.63, 3.8) is 0 Å². The molecule has 1 saturated heterocycles. The summed E-state index contributed by atoms with van der Waals surface area (Å²) in [5.41, 5.74) is 3.28. The monoisotopic (exact) mass is 473 g/mol. The van der Waals surface area contributed by atoms with Gasteiger partial charge in [-0.05, 0) is 72.8 Å². The summed E-state index contributed by atoms with van der Waals surface area (Å²) in [7, 11) is 0. The van der Waals surface area contributed by atoms with Crippen LogP contribution in [0.15, 0.2) is 78.9 Å². The Bertz CT molecular complexity index is 1110. The summed E-state index contributed by atoms with van der Waals surface area (Å²) in [6.45, 7) is 3.81. The highest BCUT2D eigenvalue weighted by molar-refractivity contribution is 5.87. The first-order valence-corrected chi connectivity index (χ1v) is 12.0. The van der Waals surface area contributed by atoms with Gasteiger partial charge in [-0.15, -0.1) is 0 Å². The minimum Gasteiger partial charge on any atom is -0.489 e. The number of carboxylic acid groups (broad SMARTS) is 1. The van der Waals surface area contributed by atoms with Crippen LogP contribution >= 0.6 is 0 Å². The third-order valence-corrected chi connectivity index (χ3v) is 6.29. The summed E-state index contributed by atoms with van der Waals surface area (Å²) in [5.74, 6) is -0.111. The molecule has 0 unspecified atom stereocenters. The molecule has 182 valence electrons. The van der Waals surface area contributed by atoms with Crippen LogP contribution in [-0.2, 0) is 29.1 Å². The molecule has 6 nitrogen and oxygen atoms in total. The van der Waals surface area contributed by atoms with Crippen LogP contribution in [0, 0.1) is 5.92 Å². The number of carbonyl (C=O) groups is 2. The van der Waals surface area contributed by atoms with Gasteiger partial charge in [0.25, 0.3) is 0 Å². The SMILES string of the molecule is O=C(Cc1cccc(OCc2ccc(C(=O)O)cc2)c1)OCC1CCN(Cc2ccccc2)CC1. The van der Waals surface area contributed by atoms with Gasteiger partial charge >= 0.3 is 11.9 Å². The highest BCUT2D eigenvalue weighted by atomic mass is 16.5.